The fraction of sp³-hybridized carbons (Fsp3) is 0.389. The van der Waals surface area contributed by atoms with E-state index in [2.05, 4.69) is 5.32 Å². The lowest BCUT2D eigenvalue weighted by Crippen LogP contribution is -2.64. The smallest absolute Gasteiger partial charge is 0.272 e. The molecule has 45 heavy (non-hydrogen) atoms. The van der Waals surface area contributed by atoms with Crippen molar-refractivity contribution in [1.82, 2.24) is 14.8 Å². The van der Waals surface area contributed by atoms with Gasteiger partial charge < -0.3 is 33.7 Å². The average molecular weight is 612 g/mol. The van der Waals surface area contributed by atoms with Gasteiger partial charge in [0.05, 0.1) is 47.0 Å². The monoisotopic (exact) mass is 611 g/mol. The molecule has 236 valence electrons. The maximum atomic E-state index is 15.0. The van der Waals surface area contributed by atoms with Gasteiger partial charge in [0, 0.05) is 17.0 Å². The Morgan fingerprint density at radius 2 is 1.49 bits per heavy atom. The fourth-order valence-corrected chi connectivity index (χ4v) is 7.03. The summed E-state index contributed by atoms with van der Waals surface area (Å²) in [6, 6.07) is 20.7. The van der Waals surface area contributed by atoms with Gasteiger partial charge in [-0.15, -0.1) is 0 Å². The van der Waals surface area contributed by atoms with Crippen molar-refractivity contribution < 1.29 is 28.5 Å². The zero-order valence-corrected chi connectivity index (χ0v) is 26.4. The molecule has 0 bridgehead atoms. The third kappa shape index (κ3) is 5.34. The van der Waals surface area contributed by atoms with Gasteiger partial charge in [0.25, 0.3) is 11.8 Å². The van der Waals surface area contributed by atoms with E-state index >= 15 is 4.79 Å². The maximum Gasteiger partial charge on any atom is 0.272 e. The number of hydrogen-bond donors (Lipinski definition) is 1. The Bertz CT molecular complexity index is 1690. The quantitative estimate of drug-likeness (QED) is 0.231. The largest absolute Gasteiger partial charge is 0.497 e. The molecule has 1 fully saturated rings. The Morgan fingerprint density at radius 3 is 2.16 bits per heavy atom. The molecule has 1 aliphatic heterocycles. The van der Waals surface area contributed by atoms with Gasteiger partial charge in [-0.3, -0.25) is 9.59 Å². The molecule has 2 heterocycles. The van der Waals surface area contributed by atoms with Crippen LogP contribution in [0.5, 0.6) is 23.0 Å². The SMILES string of the molecule is COc1ccc(OC)c(CN2C(=O)c3cc4c(OC)ccc(OC)c4n3CC2(C(=O)NC2CCCCCC2)c2ccccc2)c1. The Morgan fingerprint density at radius 1 is 0.822 bits per heavy atom. The van der Waals surface area contributed by atoms with Crippen LogP contribution >= 0.6 is 0 Å². The topological polar surface area (TPSA) is 91.3 Å². The fourth-order valence-electron chi connectivity index (χ4n) is 7.03. The minimum atomic E-state index is -1.40. The Balaban J connectivity index is 1.60. The number of amides is 2. The van der Waals surface area contributed by atoms with E-state index in [9.17, 15) is 4.79 Å². The number of nitrogens with one attached hydrogen (secondary N) is 1. The van der Waals surface area contributed by atoms with Gasteiger partial charge in [0.15, 0.2) is 5.54 Å². The first-order chi connectivity index (χ1) is 21.9. The number of aromatic nitrogens is 1. The highest BCUT2D eigenvalue weighted by Gasteiger charge is 2.53. The second-order valence-corrected chi connectivity index (χ2v) is 11.8. The second-order valence-electron chi connectivity index (χ2n) is 11.8. The summed E-state index contributed by atoms with van der Waals surface area (Å²) in [5.74, 6) is 1.96. The number of carbonyl (C=O) groups excluding carboxylic acids is 2. The molecule has 0 spiro atoms. The summed E-state index contributed by atoms with van der Waals surface area (Å²) in [5.41, 5.74) is 1.21. The highest BCUT2D eigenvalue weighted by atomic mass is 16.5. The van der Waals surface area contributed by atoms with Crippen molar-refractivity contribution >= 4 is 22.7 Å². The molecule has 9 heteroatoms. The van der Waals surface area contributed by atoms with Crippen LogP contribution in [0.2, 0.25) is 0 Å². The van der Waals surface area contributed by atoms with Gasteiger partial charge in [-0.25, -0.2) is 0 Å². The molecule has 1 unspecified atom stereocenters. The summed E-state index contributed by atoms with van der Waals surface area (Å²) >= 11 is 0. The van der Waals surface area contributed by atoms with Crippen LogP contribution in [0.4, 0.5) is 0 Å². The summed E-state index contributed by atoms with van der Waals surface area (Å²) < 4.78 is 24.7. The Hall–Kier alpha value is -4.66. The molecule has 9 nitrogen and oxygen atoms in total. The van der Waals surface area contributed by atoms with Crippen molar-refractivity contribution in [2.45, 2.75) is 63.2 Å². The molecule has 2 aliphatic rings. The minimum Gasteiger partial charge on any atom is -0.497 e. The van der Waals surface area contributed by atoms with Crippen LogP contribution in [0.25, 0.3) is 10.9 Å². The van der Waals surface area contributed by atoms with Gasteiger partial charge in [-0.1, -0.05) is 56.0 Å². The third-order valence-electron chi connectivity index (χ3n) is 9.37. The van der Waals surface area contributed by atoms with E-state index in [1.807, 2.05) is 71.3 Å². The number of ether oxygens (including phenoxy) is 4. The lowest BCUT2D eigenvalue weighted by atomic mass is 9.83. The summed E-state index contributed by atoms with van der Waals surface area (Å²) in [5, 5.41) is 4.16. The zero-order chi connectivity index (χ0) is 31.6. The molecule has 0 radical (unpaired) electrons. The molecule has 6 rings (SSSR count). The number of fused-ring (bicyclic) bond motifs is 3. The molecule has 0 saturated heterocycles. The molecule has 1 N–H and O–H groups in total. The van der Waals surface area contributed by atoms with Crippen LogP contribution in [0.15, 0.2) is 66.7 Å². The number of rotatable bonds is 9. The Kier molecular flexibility index (Phi) is 8.61. The van der Waals surface area contributed by atoms with Gasteiger partial charge >= 0.3 is 0 Å². The maximum absolute atomic E-state index is 15.0. The van der Waals surface area contributed by atoms with E-state index in [1.54, 1.807) is 33.3 Å². The number of nitrogens with zero attached hydrogens (tertiary/aromatic N) is 2. The van der Waals surface area contributed by atoms with E-state index in [1.165, 1.54) is 0 Å². The number of hydrogen-bond acceptors (Lipinski definition) is 6. The highest BCUT2D eigenvalue weighted by molar-refractivity contribution is 6.06. The third-order valence-corrected chi connectivity index (χ3v) is 9.37. The average Bonchev–Trinajstić information content (AvgIpc) is 3.27. The molecule has 1 aromatic heterocycles. The number of benzene rings is 3. The molecule has 2 amide bonds. The van der Waals surface area contributed by atoms with Gasteiger partial charge in [0.2, 0.25) is 0 Å². The standard InChI is InChI=1S/C36H41N3O6/c1-42-27-16-17-30(43-2)24(20-27)22-39-34(40)29-21-28-31(44-3)18-19-32(45-4)33(28)38(29)23-36(39,25-12-8-7-9-13-25)35(41)37-26-14-10-5-6-11-15-26/h7-9,12-13,16-21,26H,5-6,10-11,14-15,22-23H2,1-4H3,(H,37,41). The first-order valence-electron chi connectivity index (χ1n) is 15.6. The normalized spacial score (nSPS) is 18.7. The van der Waals surface area contributed by atoms with Crippen molar-refractivity contribution in [3.8, 4) is 23.0 Å². The van der Waals surface area contributed by atoms with Crippen LogP contribution in [0.3, 0.4) is 0 Å². The van der Waals surface area contributed by atoms with E-state index < -0.39 is 5.54 Å². The number of methoxy groups -OCH3 is 4. The predicted octanol–water partition coefficient (Wildman–Crippen LogP) is 6.07. The molecule has 1 atom stereocenters. The van der Waals surface area contributed by atoms with Crippen molar-refractivity contribution in [2.24, 2.45) is 0 Å². The highest BCUT2D eigenvalue weighted by Crippen LogP contribution is 2.45. The van der Waals surface area contributed by atoms with Crippen molar-refractivity contribution in [3.05, 3.63) is 83.6 Å². The van der Waals surface area contributed by atoms with Crippen molar-refractivity contribution in [3.63, 3.8) is 0 Å². The van der Waals surface area contributed by atoms with E-state index in [-0.39, 0.29) is 30.9 Å². The molecule has 4 aromatic rings. The van der Waals surface area contributed by atoms with Crippen molar-refractivity contribution in [2.75, 3.05) is 28.4 Å². The number of carbonyl (C=O) groups is 2. The molecular formula is C36H41N3O6. The lowest BCUT2D eigenvalue weighted by Gasteiger charge is -2.47. The van der Waals surface area contributed by atoms with E-state index in [0.29, 0.717) is 34.2 Å². The molecule has 1 aliphatic carbocycles. The van der Waals surface area contributed by atoms with Crippen molar-refractivity contribution in [1.29, 1.82) is 0 Å². The van der Waals surface area contributed by atoms with Gasteiger partial charge in [0.1, 0.15) is 28.7 Å². The summed E-state index contributed by atoms with van der Waals surface area (Å²) in [6.07, 6.45) is 6.29. The molecule has 1 saturated carbocycles. The van der Waals surface area contributed by atoms with Crippen LogP contribution in [0, 0.1) is 0 Å². The predicted molar refractivity (Wildman–Crippen MR) is 172 cm³/mol. The Labute approximate surface area is 264 Å². The van der Waals surface area contributed by atoms with Crippen LogP contribution in [-0.2, 0) is 23.4 Å². The summed E-state index contributed by atoms with van der Waals surface area (Å²) in [7, 11) is 6.42. The summed E-state index contributed by atoms with van der Waals surface area (Å²) in [4.78, 5) is 31.7. The van der Waals surface area contributed by atoms with Gasteiger partial charge in [-0.05, 0) is 54.8 Å². The minimum absolute atomic E-state index is 0.0290. The van der Waals surface area contributed by atoms with Gasteiger partial charge in [-0.2, -0.15) is 0 Å². The first kappa shape index (κ1) is 30.4. The van der Waals surface area contributed by atoms with E-state index in [4.69, 9.17) is 18.9 Å². The van der Waals surface area contributed by atoms with Crippen LogP contribution in [0.1, 0.15) is 60.1 Å². The van der Waals surface area contributed by atoms with E-state index in [0.717, 1.165) is 55.0 Å². The summed E-state index contributed by atoms with van der Waals surface area (Å²) in [6.45, 7) is 0.290. The van der Waals surface area contributed by atoms with Crippen LogP contribution < -0.4 is 24.3 Å². The van der Waals surface area contributed by atoms with Crippen LogP contribution in [-0.4, -0.2) is 55.8 Å². The molecular weight excluding hydrogens is 570 g/mol. The molecule has 3 aromatic carbocycles. The first-order valence-corrected chi connectivity index (χ1v) is 15.6. The lowest BCUT2D eigenvalue weighted by molar-refractivity contribution is -0.136. The second kappa shape index (κ2) is 12.8. The zero-order valence-electron chi connectivity index (χ0n) is 26.4.